The van der Waals surface area contributed by atoms with E-state index in [0.29, 0.717) is 30.2 Å². The predicted octanol–water partition coefficient (Wildman–Crippen LogP) is 5.43. The molecule has 174 valence electrons. The van der Waals surface area contributed by atoms with Crippen molar-refractivity contribution in [3.8, 4) is 22.9 Å². The van der Waals surface area contributed by atoms with Gasteiger partial charge in [-0.05, 0) is 55.8 Å². The van der Waals surface area contributed by atoms with E-state index in [-0.39, 0.29) is 13.4 Å². The highest BCUT2D eigenvalue weighted by Crippen LogP contribution is 2.45. The van der Waals surface area contributed by atoms with Gasteiger partial charge in [-0.25, -0.2) is 0 Å². The molecule has 2 aliphatic heterocycles. The average Bonchev–Trinajstić information content (AvgIpc) is 3.36. The van der Waals surface area contributed by atoms with Crippen LogP contribution in [-0.4, -0.2) is 41.7 Å². The van der Waals surface area contributed by atoms with Gasteiger partial charge < -0.3 is 23.7 Å². The standard InChI is InChI=1S/C27H30N2O4.H2/c1-4-19(2)32-23-12-11-20(18-24(23)31-3)26(30)28-16-13-27(14-17-28)25-10-7-15-29(25)21-8-5-6-9-22(21)33-27;/h5-12,15,18-19H,4,13-14,16-17H2,1-3H3;1H/t19-;/m0./s1. The van der Waals surface area contributed by atoms with Crippen LogP contribution in [-0.2, 0) is 5.60 Å². The van der Waals surface area contributed by atoms with Gasteiger partial charge in [-0.15, -0.1) is 0 Å². The molecule has 1 aromatic heterocycles. The molecule has 1 amide bonds. The molecule has 6 nitrogen and oxygen atoms in total. The number of fused-ring (bicyclic) bond motifs is 4. The molecule has 1 atom stereocenters. The molecular formula is C27H32N2O4. The van der Waals surface area contributed by atoms with Crippen LogP contribution >= 0.6 is 0 Å². The Bertz CT molecular complexity index is 1170. The summed E-state index contributed by atoms with van der Waals surface area (Å²) in [5.41, 5.74) is 2.41. The van der Waals surface area contributed by atoms with Gasteiger partial charge in [0.05, 0.1) is 24.6 Å². The summed E-state index contributed by atoms with van der Waals surface area (Å²) in [5.74, 6) is 2.14. The second-order valence-corrected chi connectivity index (χ2v) is 8.82. The zero-order valence-corrected chi connectivity index (χ0v) is 19.4. The first-order valence-electron chi connectivity index (χ1n) is 11.6. The van der Waals surface area contributed by atoms with Crippen molar-refractivity contribution in [2.45, 2.75) is 44.8 Å². The van der Waals surface area contributed by atoms with Crippen LogP contribution in [0.25, 0.3) is 5.69 Å². The maximum atomic E-state index is 13.3. The third kappa shape index (κ3) is 3.73. The minimum atomic E-state index is -0.416. The number of likely N-dealkylation sites (tertiary alicyclic amines) is 1. The number of aromatic nitrogens is 1. The Balaban J connectivity index is 0.00000274. The summed E-state index contributed by atoms with van der Waals surface area (Å²) in [7, 11) is 1.60. The van der Waals surface area contributed by atoms with E-state index in [0.717, 1.165) is 36.4 Å². The number of piperidine rings is 1. The molecule has 3 heterocycles. The molecule has 1 saturated heterocycles. The Kier molecular flexibility index (Phi) is 5.52. The van der Waals surface area contributed by atoms with Gasteiger partial charge in [0.2, 0.25) is 0 Å². The van der Waals surface area contributed by atoms with Crippen molar-refractivity contribution in [2.24, 2.45) is 0 Å². The molecule has 0 saturated carbocycles. The first-order chi connectivity index (χ1) is 16.0. The monoisotopic (exact) mass is 448 g/mol. The third-order valence-electron chi connectivity index (χ3n) is 6.82. The lowest BCUT2D eigenvalue weighted by atomic mass is 9.86. The van der Waals surface area contributed by atoms with Crippen LogP contribution in [0.2, 0.25) is 0 Å². The summed E-state index contributed by atoms with van der Waals surface area (Å²) in [6.07, 6.45) is 4.55. The highest BCUT2D eigenvalue weighted by molar-refractivity contribution is 5.95. The Labute approximate surface area is 196 Å². The van der Waals surface area contributed by atoms with Gasteiger partial charge in [-0.3, -0.25) is 4.79 Å². The van der Waals surface area contributed by atoms with E-state index in [4.69, 9.17) is 14.2 Å². The fourth-order valence-electron chi connectivity index (χ4n) is 4.78. The van der Waals surface area contributed by atoms with Crippen LogP contribution in [0.3, 0.4) is 0 Å². The highest BCUT2D eigenvalue weighted by atomic mass is 16.5. The van der Waals surface area contributed by atoms with Crippen LogP contribution in [0.1, 0.15) is 50.6 Å². The lowest BCUT2D eigenvalue weighted by Crippen LogP contribution is -2.50. The van der Waals surface area contributed by atoms with Crippen LogP contribution in [0.4, 0.5) is 0 Å². The van der Waals surface area contributed by atoms with Crippen LogP contribution < -0.4 is 14.2 Å². The van der Waals surface area contributed by atoms with Crippen molar-refractivity contribution in [2.75, 3.05) is 20.2 Å². The number of carbonyl (C=O) groups excluding carboxylic acids is 1. The van der Waals surface area contributed by atoms with Gasteiger partial charge in [0.25, 0.3) is 5.91 Å². The first-order valence-corrected chi connectivity index (χ1v) is 11.6. The molecule has 0 bridgehead atoms. The summed E-state index contributed by atoms with van der Waals surface area (Å²) in [4.78, 5) is 15.2. The molecule has 2 aliphatic rings. The van der Waals surface area contributed by atoms with Gasteiger partial charge in [0, 0.05) is 39.1 Å². The SMILES string of the molecule is CC[C@H](C)Oc1ccc(C(=O)N2CCC3(CC2)Oc2ccccc2-n2cccc23)cc1OC.[HH]. The summed E-state index contributed by atoms with van der Waals surface area (Å²) in [6.45, 7) is 5.34. The third-order valence-corrected chi connectivity index (χ3v) is 6.82. The number of rotatable bonds is 5. The fourth-order valence-corrected chi connectivity index (χ4v) is 4.78. The maximum absolute atomic E-state index is 13.3. The van der Waals surface area contributed by atoms with Crippen molar-refractivity contribution in [3.05, 3.63) is 72.1 Å². The first kappa shape index (κ1) is 21.4. The summed E-state index contributed by atoms with van der Waals surface area (Å²) < 4.78 is 20.2. The van der Waals surface area contributed by atoms with Gasteiger partial charge in [-0.1, -0.05) is 19.1 Å². The summed E-state index contributed by atoms with van der Waals surface area (Å²) >= 11 is 0. The van der Waals surface area contributed by atoms with E-state index in [1.54, 1.807) is 13.2 Å². The molecule has 0 N–H and O–H groups in total. The van der Waals surface area contributed by atoms with E-state index in [1.807, 2.05) is 42.2 Å². The van der Waals surface area contributed by atoms with Crippen molar-refractivity contribution in [1.82, 2.24) is 9.47 Å². The molecule has 3 aromatic rings. The van der Waals surface area contributed by atoms with E-state index in [9.17, 15) is 4.79 Å². The van der Waals surface area contributed by atoms with Gasteiger partial charge in [-0.2, -0.15) is 0 Å². The molecule has 0 radical (unpaired) electrons. The molecule has 0 aliphatic carbocycles. The Morgan fingerprint density at radius 3 is 2.67 bits per heavy atom. The zero-order chi connectivity index (χ0) is 23.0. The topological polar surface area (TPSA) is 52.9 Å². The normalized spacial score (nSPS) is 17.0. The quantitative estimate of drug-likeness (QED) is 0.522. The average molecular weight is 449 g/mol. The summed E-state index contributed by atoms with van der Waals surface area (Å²) in [6, 6.07) is 17.8. The van der Waals surface area contributed by atoms with Gasteiger partial charge in [0.15, 0.2) is 17.1 Å². The molecule has 2 aromatic carbocycles. The fraction of sp³-hybridized carbons (Fsp3) is 0.370. The molecule has 1 spiro atoms. The van der Waals surface area contributed by atoms with Crippen LogP contribution in [0.15, 0.2) is 60.8 Å². The van der Waals surface area contributed by atoms with Crippen molar-refractivity contribution >= 4 is 5.91 Å². The Hall–Kier alpha value is -3.41. The lowest BCUT2D eigenvalue weighted by molar-refractivity contribution is -0.00931. The molecule has 5 rings (SSSR count). The second kappa shape index (κ2) is 8.50. The van der Waals surface area contributed by atoms with E-state index >= 15 is 0 Å². The zero-order valence-electron chi connectivity index (χ0n) is 19.4. The number of ether oxygens (including phenoxy) is 3. The number of nitrogens with zero attached hydrogens (tertiary/aromatic N) is 2. The number of hydrogen-bond donors (Lipinski definition) is 0. The molecule has 33 heavy (non-hydrogen) atoms. The van der Waals surface area contributed by atoms with Gasteiger partial charge in [0.1, 0.15) is 5.75 Å². The van der Waals surface area contributed by atoms with Crippen molar-refractivity contribution in [1.29, 1.82) is 0 Å². The molecule has 0 unspecified atom stereocenters. The molecule has 6 heteroatoms. The second-order valence-electron chi connectivity index (χ2n) is 8.82. The van der Waals surface area contributed by atoms with Crippen LogP contribution in [0, 0.1) is 0 Å². The maximum Gasteiger partial charge on any atom is 0.253 e. The van der Waals surface area contributed by atoms with Crippen molar-refractivity contribution in [3.63, 3.8) is 0 Å². The largest absolute Gasteiger partial charge is 0.493 e. The van der Waals surface area contributed by atoms with Crippen molar-refractivity contribution < 1.29 is 20.4 Å². The van der Waals surface area contributed by atoms with E-state index < -0.39 is 5.60 Å². The minimum Gasteiger partial charge on any atom is -0.493 e. The Morgan fingerprint density at radius 2 is 1.91 bits per heavy atom. The molecule has 1 fully saturated rings. The van der Waals surface area contributed by atoms with E-state index in [2.05, 4.69) is 35.9 Å². The number of para-hydroxylation sites is 2. The lowest BCUT2D eigenvalue weighted by Gasteiger charge is -2.45. The number of carbonyl (C=O) groups is 1. The smallest absolute Gasteiger partial charge is 0.253 e. The number of amides is 1. The number of benzene rings is 2. The summed E-state index contributed by atoms with van der Waals surface area (Å²) in [5, 5.41) is 0. The minimum absolute atomic E-state index is 0. The predicted molar refractivity (Wildman–Crippen MR) is 129 cm³/mol. The van der Waals surface area contributed by atoms with E-state index in [1.165, 1.54) is 0 Å². The van der Waals surface area contributed by atoms with Crippen LogP contribution in [0.5, 0.6) is 17.2 Å². The van der Waals surface area contributed by atoms with Gasteiger partial charge >= 0.3 is 0 Å². The molecular weight excluding hydrogens is 416 g/mol. The number of hydrogen-bond acceptors (Lipinski definition) is 4. The highest BCUT2D eigenvalue weighted by Gasteiger charge is 2.44. The number of methoxy groups -OCH3 is 1. The Morgan fingerprint density at radius 1 is 1.12 bits per heavy atom.